The number of halogens is 1. The molecule has 19 heavy (non-hydrogen) atoms. The second kappa shape index (κ2) is 6.71. The molecule has 0 heterocycles. The quantitative estimate of drug-likeness (QED) is 0.784. The third-order valence-corrected chi connectivity index (χ3v) is 3.55. The molecule has 0 saturated heterocycles. The van der Waals surface area contributed by atoms with Gasteiger partial charge in [0.1, 0.15) is 0 Å². The van der Waals surface area contributed by atoms with Gasteiger partial charge in [-0.15, -0.1) is 0 Å². The summed E-state index contributed by atoms with van der Waals surface area (Å²) in [6.45, 7) is 3.11. The molecule has 1 N–H and O–H groups in total. The zero-order chi connectivity index (χ0) is 13.7. The van der Waals surface area contributed by atoms with Gasteiger partial charge >= 0.3 is 0 Å². The first kappa shape index (κ1) is 14.1. The van der Waals surface area contributed by atoms with Gasteiger partial charge in [0.25, 0.3) is 0 Å². The molecule has 1 atom stereocenters. The fourth-order valence-corrected chi connectivity index (χ4v) is 2.57. The van der Waals surface area contributed by atoms with E-state index in [0.717, 1.165) is 31.4 Å². The first-order valence-electron chi connectivity index (χ1n) is 7.02. The topological polar surface area (TPSA) is 21.3 Å². The lowest BCUT2D eigenvalue weighted by molar-refractivity contribution is 0.385. The van der Waals surface area contributed by atoms with E-state index in [9.17, 15) is 4.39 Å². The number of rotatable bonds is 6. The molecule has 0 aromatic heterocycles. The maximum absolute atomic E-state index is 13.5. The average Bonchev–Trinajstić information content (AvgIpc) is 2.95. The molecule has 104 valence electrons. The Morgan fingerprint density at radius 3 is 2.89 bits per heavy atom. The molecule has 0 spiro atoms. The van der Waals surface area contributed by atoms with Crippen molar-refractivity contribution in [3.05, 3.63) is 41.2 Å². The van der Waals surface area contributed by atoms with Crippen molar-refractivity contribution in [2.24, 2.45) is 0 Å². The zero-order valence-corrected chi connectivity index (χ0v) is 11.7. The molecule has 2 rings (SSSR count). The Bertz CT molecular complexity index is 456. The van der Waals surface area contributed by atoms with Crippen molar-refractivity contribution in [1.82, 2.24) is 5.32 Å². The van der Waals surface area contributed by atoms with Crippen LogP contribution >= 0.6 is 0 Å². The molecule has 0 saturated carbocycles. The highest BCUT2D eigenvalue weighted by Gasteiger charge is 2.19. The highest BCUT2D eigenvalue weighted by Crippen LogP contribution is 2.32. The minimum absolute atomic E-state index is 0.192. The van der Waals surface area contributed by atoms with Crippen molar-refractivity contribution < 1.29 is 9.13 Å². The van der Waals surface area contributed by atoms with Gasteiger partial charge in [0.15, 0.2) is 11.6 Å². The van der Waals surface area contributed by atoms with Gasteiger partial charge in [-0.3, -0.25) is 0 Å². The summed E-state index contributed by atoms with van der Waals surface area (Å²) in [5, 5.41) is 3.55. The Morgan fingerprint density at radius 1 is 1.42 bits per heavy atom. The van der Waals surface area contributed by atoms with Crippen molar-refractivity contribution in [2.75, 3.05) is 13.7 Å². The molecule has 0 radical (unpaired) electrons. The molecular weight excluding hydrogens is 241 g/mol. The molecule has 1 unspecified atom stereocenters. The van der Waals surface area contributed by atoms with Gasteiger partial charge in [0.2, 0.25) is 0 Å². The van der Waals surface area contributed by atoms with Gasteiger partial charge in [-0.05, 0) is 49.9 Å². The lowest BCUT2D eigenvalue weighted by atomic mass is 9.97. The summed E-state index contributed by atoms with van der Waals surface area (Å²) in [6.07, 6.45) is 6.89. The fraction of sp³-hybridized carbons (Fsp3) is 0.500. The van der Waals surface area contributed by atoms with Crippen LogP contribution in [0.4, 0.5) is 4.39 Å². The first-order chi connectivity index (χ1) is 9.26. The molecule has 1 aromatic carbocycles. The van der Waals surface area contributed by atoms with E-state index >= 15 is 0 Å². The molecule has 0 aliphatic heterocycles. The summed E-state index contributed by atoms with van der Waals surface area (Å²) in [6, 6.07) is 5.34. The molecule has 0 amide bonds. The smallest absolute Gasteiger partial charge is 0.165 e. The van der Waals surface area contributed by atoms with Crippen LogP contribution in [0.2, 0.25) is 0 Å². The van der Waals surface area contributed by atoms with Crippen LogP contribution in [0, 0.1) is 5.82 Å². The summed E-state index contributed by atoms with van der Waals surface area (Å²) in [7, 11) is 1.51. The largest absolute Gasteiger partial charge is 0.494 e. The van der Waals surface area contributed by atoms with Gasteiger partial charge in [-0.2, -0.15) is 0 Å². The highest BCUT2D eigenvalue weighted by molar-refractivity contribution is 5.36. The second-order valence-electron chi connectivity index (χ2n) is 4.95. The van der Waals surface area contributed by atoms with Crippen LogP contribution in [0.3, 0.4) is 0 Å². The standard InChI is InChI=1S/C16H22FNO/c1-3-10-18-16(12-6-4-5-7-12)13-8-9-14(17)15(11-13)19-2/h6,8-9,11,16,18H,3-5,7,10H2,1-2H3. The van der Waals surface area contributed by atoms with Crippen LogP contribution in [0.15, 0.2) is 29.8 Å². The van der Waals surface area contributed by atoms with Crippen LogP contribution in [0.25, 0.3) is 0 Å². The summed E-state index contributed by atoms with van der Waals surface area (Å²) in [5.41, 5.74) is 2.50. The Morgan fingerprint density at radius 2 is 2.26 bits per heavy atom. The molecule has 1 aliphatic rings. The molecule has 1 aromatic rings. The predicted octanol–water partition coefficient (Wildman–Crippen LogP) is 3.99. The van der Waals surface area contributed by atoms with Gasteiger partial charge in [-0.25, -0.2) is 4.39 Å². The van der Waals surface area contributed by atoms with Crippen molar-refractivity contribution in [1.29, 1.82) is 0 Å². The highest BCUT2D eigenvalue weighted by atomic mass is 19.1. The first-order valence-corrected chi connectivity index (χ1v) is 7.02. The minimum atomic E-state index is -0.305. The molecule has 1 aliphatic carbocycles. The van der Waals surface area contributed by atoms with Crippen LogP contribution in [-0.2, 0) is 0 Å². The summed E-state index contributed by atoms with van der Waals surface area (Å²) in [5.74, 6) is 0.0142. The third-order valence-electron chi connectivity index (χ3n) is 3.55. The van der Waals surface area contributed by atoms with Crippen LogP contribution in [0.5, 0.6) is 5.75 Å². The Hall–Kier alpha value is -1.35. The molecule has 0 fully saturated rings. The Labute approximate surface area is 114 Å². The number of hydrogen-bond donors (Lipinski definition) is 1. The third kappa shape index (κ3) is 3.35. The fourth-order valence-electron chi connectivity index (χ4n) is 2.57. The second-order valence-corrected chi connectivity index (χ2v) is 4.95. The maximum Gasteiger partial charge on any atom is 0.165 e. The van der Waals surface area contributed by atoms with E-state index in [1.807, 2.05) is 12.1 Å². The van der Waals surface area contributed by atoms with E-state index in [-0.39, 0.29) is 11.9 Å². The van der Waals surface area contributed by atoms with Crippen LogP contribution < -0.4 is 10.1 Å². The summed E-state index contributed by atoms with van der Waals surface area (Å²) >= 11 is 0. The Kier molecular flexibility index (Phi) is 4.97. The average molecular weight is 263 g/mol. The minimum Gasteiger partial charge on any atom is -0.494 e. The van der Waals surface area contributed by atoms with Crippen molar-refractivity contribution in [3.63, 3.8) is 0 Å². The lowest BCUT2D eigenvalue weighted by Gasteiger charge is -2.21. The maximum atomic E-state index is 13.5. The number of ether oxygens (including phenoxy) is 1. The molecule has 0 bridgehead atoms. The van der Waals surface area contributed by atoms with Gasteiger partial charge in [-0.1, -0.05) is 24.6 Å². The van der Waals surface area contributed by atoms with Crippen molar-refractivity contribution in [2.45, 2.75) is 38.6 Å². The van der Waals surface area contributed by atoms with E-state index in [1.54, 1.807) is 0 Å². The van der Waals surface area contributed by atoms with Gasteiger partial charge in [0.05, 0.1) is 13.2 Å². The van der Waals surface area contributed by atoms with E-state index in [2.05, 4.69) is 18.3 Å². The molecule has 2 nitrogen and oxygen atoms in total. The van der Waals surface area contributed by atoms with Crippen molar-refractivity contribution >= 4 is 0 Å². The van der Waals surface area contributed by atoms with E-state index in [4.69, 9.17) is 4.74 Å². The van der Waals surface area contributed by atoms with E-state index in [1.165, 1.54) is 25.2 Å². The van der Waals surface area contributed by atoms with Crippen LogP contribution in [-0.4, -0.2) is 13.7 Å². The van der Waals surface area contributed by atoms with E-state index in [0.29, 0.717) is 5.75 Å². The van der Waals surface area contributed by atoms with Crippen molar-refractivity contribution in [3.8, 4) is 5.75 Å². The zero-order valence-electron chi connectivity index (χ0n) is 11.7. The summed E-state index contributed by atoms with van der Waals surface area (Å²) < 4.78 is 18.6. The predicted molar refractivity (Wildman–Crippen MR) is 75.9 cm³/mol. The molecular formula is C16H22FNO. The number of nitrogens with one attached hydrogen (secondary N) is 1. The normalized spacial score (nSPS) is 16.3. The Balaban J connectivity index is 2.26. The van der Waals surface area contributed by atoms with Crippen LogP contribution in [0.1, 0.15) is 44.2 Å². The number of methoxy groups -OCH3 is 1. The lowest BCUT2D eigenvalue weighted by Crippen LogP contribution is -2.23. The number of allylic oxidation sites excluding steroid dienone is 1. The monoisotopic (exact) mass is 263 g/mol. The number of hydrogen-bond acceptors (Lipinski definition) is 2. The van der Waals surface area contributed by atoms with E-state index < -0.39 is 0 Å². The SMILES string of the molecule is CCCNC(C1=CCCC1)c1ccc(F)c(OC)c1. The van der Waals surface area contributed by atoms with Gasteiger partial charge in [0, 0.05) is 0 Å². The molecule has 3 heteroatoms. The number of benzene rings is 1. The van der Waals surface area contributed by atoms with Gasteiger partial charge < -0.3 is 10.1 Å². The summed E-state index contributed by atoms with van der Waals surface area (Å²) in [4.78, 5) is 0.